The van der Waals surface area contributed by atoms with E-state index in [1.54, 1.807) is 6.07 Å². The van der Waals surface area contributed by atoms with E-state index < -0.39 is 0 Å². The first-order valence-corrected chi connectivity index (χ1v) is 8.71. The monoisotopic (exact) mass is 344 g/mol. The lowest BCUT2D eigenvalue weighted by molar-refractivity contribution is -0.123. The van der Waals surface area contributed by atoms with E-state index in [9.17, 15) is 14.9 Å². The summed E-state index contributed by atoms with van der Waals surface area (Å²) in [5.74, 6) is -0.0609. The molecule has 0 spiro atoms. The van der Waals surface area contributed by atoms with Gasteiger partial charge in [-0.15, -0.1) is 0 Å². The number of carbonyl (C=O) groups excluding carboxylic acids is 2. The van der Waals surface area contributed by atoms with Crippen molar-refractivity contribution in [3.8, 4) is 11.8 Å². The van der Waals surface area contributed by atoms with Gasteiger partial charge in [0.1, 0.15) is 17.4 Å². The Bertz CT molecular complexity index is 1020. The highest BCUT2D eigenvalue weighted by atomic mass is 16.5. The molecule has 0 aromatic heterocycles. The zero-order chi connectivity index (χ0) is 18.0. The van der Waals surface area contributed by atoms with Crippen LogP contribution in [0.2, 0.25) is 0 Å². The van der Waals surface area contributed by atoms with E-state index in [-0.39, 0.29) is 35.5 Å². The Hall–Kier alpha value is -3.13. The largest absolute Gasteiger partial charge is 0.495 e. The molecule has 0 unspecified atom stereocenters. The third-order valence-corrected chi connectivity index (χ3v) is 6.03. The number of hydrogen-bond acceptors (Lipinski definition) is 4. The van der Waals surface area contributed by atoms with E-state index in [4.69, 9.17) is 4.74 Å². The Labute approximate surface area is 150 Å². The normalized spacial score (nSPS) is 28.7. The average Bonchev–Trinajstić information content (AvgIpc) is 3.34. The van der Waals surface area contributed by atoms with Crippen LogP contribution in [0.5, 0.6) is 5.75 Å². The lowest BCUT2D eigenvalue weighted by Gasteiger charge is -2.21. The Morgan fingerprint density at radius 3 is 2.27 bits per heavy atom. The van der Waals surface area contributed by atoms with Crippen LogP contribution in [0.25, 0.3) is 10.8 Å². The predicted molar refractivity (Wildman–Crippen MR) is 95.4 cm³/mol. The molecule has 1 heterocycles. The first-order valence-electron chi connectivity index (χ1n) is 8.71. The molecule has 2 aliphatic carbocycles. The third kappa shape index (κ3) is 1.74. The highest BCUT2D eigenvalue weighted by Gasteiger charge is 2.59. The van der Waals surface area contributed by atoms with Crippen LogP contribution in [0.15, 0.2) is 42.5 Å². The van der Waals surface area contributed by atoms with E-state index >= 15 is 0 Å². The van der Waals surface area contributed by atoms with Gasteiger partial charge in [0.05, 0.1) is 24.6 Å². The molecule has 5 nitrogen and oxygen atoms in total. The summed E-state index contributed by atoms with van der Waals surface area (Å²) >= 11 is 0. The molecule has 1 saturated carbocycles. The predicted octanol–water partition coefficient (Wildman–Crippen LogP) is 3.03. The van der Waals surface area contributed by atoms with Crippen LogP contribution < -0.4 is 9.64 Å². The van der Waals surface area contributed by atoms with Crippen molar-refractivity contribution in [3.63, 3.8) is 0 Å². The van der Waals surface area contributed by atoms with Crippen molar-refractivity contribution >= 4 is 28.3 Å². The lowest BCUT2D eigenvalue weighted by atomic mass is 9.85. The standard InChI is InChI=1S/C21H16N2O3/c1-26-17-9-16(14-5-3-2-4-13(14)15(17)10-22)23-20(24)18-11-6-7-12(8-11)19(18)21(23)25/h2-7,9,11-12,18-19H,8H2,1H3/t11-,12+,18-,19+. The smallest absolute Gasteiger partial charge is 0.238 e. The lowest BCUT2D eigenvalue weighted by Crippen LogP contribution is -2.33. The Balaban J connectivity index is 1.72. The van der Waals surface area contributed by atoms with Gasteiger partial charge in [0.25, 0.3) is 0 Å². The average molecular weight is 344 g/mol. The van der Waals surface area contributed by atoms with Crippen molar-refractivity contribution < 1.29 is 14.3 Å². The number of amides is 2. The SMILES string of the molecule is COc1cc(N2C(=O)[C@@H]3[C@H](C2=O)[C@@H]2C=C[C@H]3C2)c2ccccc2c1C#N. The molecular formula is C21H16N2O3. The van der Waals surface area contributed by atoms with Crippen LogP contribution in [-0.4, -0.2) is 18.9 Å². The minimum Gasteiger partial charge on any atom is -0.495 e. The highest BCUT2D eigenvalue weighted by molar-refractivity contribution is 6.26. The van der Waals surface area contributed by atoms with Gasteiger partial charge in [-0.2, -0.15) is 5.26 Å². The second kappa shape index (κ2) is 5.18. The van der Waals surface area contributed by atoms with Gasteiger partial charge in [-0.3, -0.25) is 9.59 Å². The second-order valence-corrected chi connectivity index (χ2v) is 7.14. The molecule has 2 bridgehead atoms. The second-order valence-electron chi connectivity index (χ2n) is 7.14. The van der Waals surface area contributed by atoms with Crippen molar-refractivity contribution in [2.75, 3.05) is 12.0 Å². The fourth-order valence-electron chi connectivity index (χ4n) is 4.93. The van der Waals surface area contributed by atoms with Crippen LogP contribution in [-0.2, 0) is 9.59 Å². The van der Waals surface area contributed by atoms with Gasteiger partial charge >= 0.3 is 0 Å². The molecule has 4 atom stereocenters. The van der Waals surface area contributed by atoms with Gasteiger partial charge in [-0.1, -0.05) is 36.4 Å². The number of fused-ring (bicyclic) bond motifs is 6. The van der Waals surface area contributed by atoms with Crippen LogP contribution in [0.4, 0.5) is 5.69 Å². The van der Waals surface area contributed by atoms with Gasteiger partial charge in [-0.05, 0) is 18.3 Å². The molecule has 2 aromatic rings. The fraction of sp³-hybridized carbons (Fsp3) is 0.286. The molecule has 2 fully saturated rings. The number of carbonyl (C=O) groups is 2. The molecule has 2 aromatic carbocycles. The third-order valence-electron chi connectivity index (χ3n) is 6.03. The highest BCUT2D eigenvalue weighted by Crippen LogP contribution is 2.54. The molecule has 1 saturated heterocycles. The molecule has 128 valence electrons. The van der Waals surface area contributed by atoms with Gasteiger partial charge in [0, 0.05) is 16.8 Å². The maximum Gasteiger partial charge on any atom is 0.238 e. The maximum atomic E-state index is 13.2. The number of ether oxygens (including phenoxy) is 1. The van der Waals surface area contributed by atoms with Crippen molar-refractivity contribution in [2.45, 2.75) is 6.42 Å². The molecule has 0 N–H and O–H groups in total. The first kappa shape index (κ1) is 15.2. The fourth-order valence-corrected chi connectivity index (χ4v) is 4.93. The Morgan fingerprint density at radius 1 is 1.08 bits per heavy atom. The molecule has 5 heteroatoms. The molecule has 3 aliphatic rings. The summed E-state index contributed by atoms with van der Waals surface area (Å²) in [6, 6.07) is 11.1. The van der Waals surface area contributed by atoms with Crippen molar-refractivity contribution in [3.05, 3.63) is 48.0 Å². The van der Waals surface area contributed by atoms with Gasteiger partial charge in [0.15, 0.2) is 0 Å². The van der Waals surface area contributed by atoms with Crippen LogP contribution in [0, 0.1) is 35.0 Å². The van der Waals surface area contributed by atoms with Crippen LogP contribution in [0.1, 0.15) is 12.0 Å². The topological polar surface area (TPSA) is 70.4 Å². The van der Waals surface area contributed by atoms with E-state index in [0.717, 1.165) is 6.42 Å². The van der Waals surface area contributed by atoms with E-state index in [1.165, 1.54) is 12.0 Å². The van der Waals surface area contributed by atoms with E-state index in [0.29, 0.717) is 27.8 Å². The summed E-state index contributed by atoms with van der Waals surface area (Å²) in [7, 11) is 1.49. The van der Waals surface area contributed by atoms with Gasteiger partial charge in [0.2, 0.25) is 11.8 Å². The summed E-state index contributed by atoms with van der Waals surface area (Å²) in [6.07, 6.45) is 5.06. The number of anilines is 1. The first-order chi connectivity index (χ1) is 12.7. The Morgan fingerprint density at radius 2 is 1.69 bits per heavy atom. The number of hydrogen-bond donors (Lipinski definition) is 0. The minimum absolute atomic E-state index is 0.131. The number of rotatable bonds is 2. The number of allylic oxidation sites excluding steroid dienone is 2. The summed E-state index contributed by atoms with van der Waals surface area (Å²) in [5, 5.41) is 10.9. The van der Waals surface area contributed by atoms with Crippen molar-refractivity contribution in [2.24, 2.45) is 23.7 Å². The summed E-state index contributed by atoms with van der Waals surface area (Å²) < 4.78 is 5.38. The number of benzene rings is 2. The van der Waals surface area contributed by atoms with Crippen LogP contribution in [0.3, 0.4) is 0 Å². The summed E-state index contributed by atoms with van der Waals surface area (Å²) in [6.45, 7) is 0. The number of nitriles is 1. The Kier molecular flexibility index (Phi) is 3.02. The summed E-state index contributed by atoms with van der Waals surface area (Å²) in [4.78, 5) is 27.6. The van der Waals surface area contributed by atoms with Gasteiger partial charge < -0.3 is 4.74 Å². The number of methoxy groups -OCH3 is 1. The molecular weight excluding hydrogens is 328 g/mol. The molecule has 1 aliphatic heterocycles. The molecule has 2 amide bonds. The van der Waals surface area contributed by atoms with Crippen molar-refractivity contribution in [1.82, 2.24) is 0 Å². The van der Waals surface area contributed by atoms with Crippen LogP contribution >= 0.6 is 0 Å². The minimum atomic E-state index is -0.252. The molecule has 5 rings (SSSR count). The van der Waals surface area contributed by atoms with E-state index in [2.05, 4.69) is 18.2 Å². The zero-order valence-corrected chi connectivity index (χ0v) is 14.2. The maximum absolute atomic E-state index is 13.2. The van der Waals surface area contributed by atoms with Crippen molar-refractivity contribution in [1.29, 1.82) is 5.26 Å². The molecule has 26 heavy (non-hydrogen) atoms. The quantitative estimate of drug-likeness (QED) is 0.620. The van der Waals surface area contributed by atoms with Gasteiger partial charge in [-0.25, -0.2) is 4.90 Å². The number of imide groups is 1. The summed E-state index contributed by atoms with van der Waals surface area (Å²) in [5.41, 5.74) is 0.924. The zero-order valence-electron chi connectivity index (χ0n) is 14.2. The van der Waals surface area contributed by atoms with E-state index in [1.807, 2.05) is 24.3 Å². The molecule has 0 radical (unpaired) electrons. The number of nitrogens with zero attached hydrogens (tertiary/aromatic N) is 2.